The third kappa shape index (κ3) is 4.05. The number of anilines is 2. The van der Waals surface area contributed by atoms with Crippen LogP contribution in [0.5, 0.6) is 0 Å². The molecule has 0 aliphatic rings. The third-order valence-electron chi connectivity index (χ3n) is 1.75. The first kappa shape index (κ1) is 12.3. The Kier molecular flexibility index (Phi) is 4.35. The molecule has 0 fully saturated rings. The number of nitrogens with two attached hydrogens (primary N) is 1. The zero-order chi connectivity index (χ0) is 11.4. The minimum atomic E-state index is -0.837. The molecule has 0 aromatic carbocycles. The van der Waals surface area contributed by atoms with E-state index in [1.54, 1.807) is 12.3 Å². The molecule has 0 amide bonds. The lowest BCUT2D eigenvalue weighted by Gasteiger charge is -2.14. The Morgan fingerprint density at radius 1 is 1.73 bits per heavy atom. The van der Waals surface area contributed by atoms with Gasteiger partial charge in [0.05, 0.1) is 10.7 Å². The Balaban J connectivity index is 2.68. The molecular weight excluding hydrogens is 234 g/mol. The molecule has 1 heterocycles. The average Bonchev–Trinajstić information content (AvgIpc) is 2.08. The minimum absolute atomic E-state index is 0.0619. The maximum atomic E-state index is 11.0. The molecule has 1 aromatic rings. The number of nitrogens with zero attached hydrogens (tertiary/aromatic N) is 1. The predicted octanol–water partition coefficient (Wildman–Crippen LogP) is 1.50. The second-order valence-corrected chi connectivity index (χ2v) is 5.29. The van der Waals surface area contributed by atoms with E-state index in [2.05, 4.69) is 10.3 Å². The van der Waals surface area contributed by atoms with Crippen LogP contribution in [0.3, 0.4) is 0 Å². The smallest absolute Gasteiger partial charge is 0.149 e. The van der Waals surface area contributed by atoms with Gasteiger partial charge in [0, 0.05) is 35.0 Å². The Morgan fingerprint density at radius 3 is 2.93 bits per heavy atom. The van der Waals surface area contributed by atoms with Gasteiger partial charge >= 0.3 is 0 Å². The number of halogens is 1. The second-order valence-electron chi connectivity index (χ2n) is 3.38. The van der Waals surface area contributed by atoms with Gasteiger partial charge in [0.15, 0.2) is 0 Å². The molecule has 0 bridgehead atoms. The Morgan fingerprint density at radius 2 is 2.40 bits per heavy atom. The molecule has 0 saturated carbocycles. The van der Waals surface area contributed by atoms with Gasteiger partial charge in [-0.1, -0.05) is 11.6 Å². The molecule has 6 heteroatoms. The summed E-state index contributed by atoms with van der Waals surface area (Å²) in [5.41, 5.74) is 6.21. The highest BCUT2D eigenvalue weighted by molar-refractivity contribution is 7.84. The fraction of sp³-hybridized carbons (Fsp3) is 0.444. The van der Waals surface area contributed by atoms with E-state index < -0.39 is 10.8 Å². The van der Waals surface area contributed by atoms with Gasteiger partial charge in [-0.2, -0.15) is 0 Å². The van der Waals surface area contributed by atoms with Gasteiger partial charge in [0.2, 0.25) is 0 Å². The van der Waals surface area contributed by atoms with E-state index in [1.165, 1.54) is 6.20 Å². The predicted molar refractivity (Wildman–Crippen MR) is 65.7 cm³/mol. The fourth-order valence-corrected chi connectivity index (χ4v) is 2.16. The number of nitrogen functional groups attached to an aromatic ring is 1. The van der Waals surface area contributed by atoms with Crippen molar-refractivity contribution in [2.75, 3.05) is 23.1 Å². The van der Waals surface area contributed by atoms with Crippen LogP contribution >= 0.6 is 11.6 Å². The van der Waals surface area contributed by atoms with E-state index >= 15 is 0 Å². The van der Waals surface area contributed by atoms with Crippen molar-refractivity contribution >= 4 is 33.9 Å². The normalized spacial score (nSPS) is 14.6. The zero-order valence-corrected chi connectivity index (χ0v) is 10.2. The molecule has 15 heavy (non-hydrogen) atoms. The number of nitrogens with one attached hydrogen (secondary N) is 1. The maximum Gasteiger partial charge on any atom is 0.149 e. The second kappa shape index (κ2) is 5.32. The molecule has 2 atom stereocenters. The van der Waals surface area contributed by atoms with Crippen molar-refractivity contribution in [1.82, 2.24) is 4.98 Å². The van der Waals surface area contributed by atoms with E-state index in [0.29, 0.717) is 22.3 Å². The largest absolute Gasteiger partial charge is 0.396 e. The van der Waals surface area contributed by atoms with Crippen molar-refractivity contribution < 1.29 is 4.21 Å². The lowest BCUT2D eigenvalue weighted by molar-refractivity contribution is 0.683. The van der Waals surface area contributed by atoms with Crippen LogP contribution in [0.4, 0.5) is 11.5 Å². The number of pyridine rings is 1. The number of hydrogen-bond acceptors (Lipinski definition) is 4. The standard InChI is InChI=1S/C9H14ClN3OS/c1-6(5-15(2)14)13-9-8(11)3-7(10)4-12-9/h3-4,6H,5,11H2,1-2H3,(H,12,13). The third-order valence-corrected chi connectivity index (χ3v) is 2.93. The molecule has 0 radical (unpaired) electrons. The molecule has 3 N–H and O–H groups in total. The maximum absolute atomic E-state index is 11.0. The molecule has 4 nitrogen and oxygen atoms in total. The fourth-order valence-electron chi connectivity index (χ4n) is 1.20. The minimum Gasteiger partial charge on any atom is -0.396 e. The molecule has 1 rings (SSSR count). The Labute approximate surface area is 96.7 Å². The molecule has 2 unspecified atom stereocenters. The van der Waals surface area contributed by atoms with Crippen LogP contribution in [0.1, 0.15) is 6.92 Å². The summed E-state index contributed by atoms with van der Waals surface area (Å²) in [6.07, 6.45) is 3.19. The van der Waals surface area contributed by atoms with Crippen molar-refractivity contribution in [3.05, 3.63) is 17.3 Å². The van der Waals surface area contributed by atoms with Crippen LogP contribution in [0, 0.1) is 0 Å². The highest BCUT2D eigenvalue weighted by Crippen LogP contribution is 2.19. The van der Waals surface area contributed by atoms with E-state index in [0.717, 1.165) is 0 Å². The number of rotatable bonds is 4. The van der Waals surface area contributed by atoms with Crippen LogP contribution < -0.4 is 11.1 Å². The lowest BCUT2D eigenvalue weighted by Crippen LogP contribution is -2.23. The first-order valence-corrected chi connectivity index (χ1v) is 6.57. The summed E-state index contributed by atoms with van der Waals surface area (Å²) in [6.45, 7) is 1.93. The van der Waals surface area contributed by atoms with E-state index in [9.17, 15) is 4.21 Å². The van der Waals surface area contributed by atoms with Gasteiger partial charge in [0.1, 0.15) is 5.82 Å². The van der Waals surface area contributed by atoms with Crippen LogP contribution in [0.25, 0.3) is 0 Å². The van der Waals surface area contributed by atoms with Gasteiger partial charge in [-0.25, -0.2) is 4.98 Å². The van der Waals surface area contributed by atoms with E-state index in [-0.39, 0.29) is 6.04 Å². The van der Waals surface area contributed by atoms with Crippen molar-refractivity contribution in [2.45, 2.75) is 13.0 Å². The van der Waals surface area contributed by atoms with E-state index in [4.69, 9.17) is 17.3 Å². The molecule has 84 valence electrons. The van der Waals surface area contributed by atoms with Crippen LogP contribution in [-0.2, 0) is 10.8 Å². The van der Waals surface area contributed by atoms with Crippen molar-refractivity contribution in [3.63, 3.8) is 0 Å². The summed E-state index contributed by atoms with van der Waals surface area (Å²) >= 11 is 5.72. The average molecular weight is 248 g/mol. The summed E-state index contributed by atoms with van der Waals surface area (Å²) in [7, 11) is -0.837. The van der Waals surface area contributed by atoms with Gasteiger partial charge in [-0.3, -0.25) is 4.21 Å². The quantitative estimate of drug-likeness (QED) is 0.846. The summed E-state index contributed by atoms with van der Waals surface area (Å²) in [5, 5.41) is 3.59. The van der Waals surface area contributed by atoms with Gasteiger partial charge in [-0.15, -0.1) is 0 Å². The van der Waals surface area contributed by atoms with Gasteiger partial charge < -0.3 is 11.1 Å². The highest BCUT2D eigenvalue weighted by Gasteiger charge is 2.07. The summed E-state index contributed by atoms with van der Waals surface area (Å²) in [5.74, 6) is 1.14. The molecular formula is C9H14ClN3OS. The number of hydrogen-bond donors (Lipinski definition) is 2. The zero-order valence-electron chi connectivity index (χ0n) is 8.66. The van der Waals surface area contributed by atoms with Crippen LogP contribution in [0.15, 0.2) is 12.3 Å². The first-order valence-electron chi connectivity index (χ1n) is 4.46. The summed E-state index contributed by atoms with van der Waals surface area (Å²) < 4.78 is 11.0. The molecule has 0 aliphatic heterocycles. The van der Waals surface area contributed by atoms with Crippen molar-refractivity contribution in [3.8, 4) is 0 Å². The van der Waals surface area contributed by atoms with Crippen molar-refractivity contribution in [1.29, 1.82) is 0 Å². The number of aromatic nitrogens is 1. The van der Waals surface area contributed by atoms with Gasteiger partial charge in [0.25, 0.3) is 0 Å². The SMILES string of the molecule is CC(CS(C)=O)Nc1ncc(Cl)cc1N. The topological polar surface area (TPSA) is 68.0 Å². The molecule has 0 aliphatic carbocycles. The monoisotopic (exact) mass is 247 g/mol. The van der Waals surface area contributed by atoms with Gasteiger partial charge in [-0.05, 0) is 13.0 Å². The molecule has 1 aromatic heterocycles. The van der Waals surface area contributed by atoms with E-state index in [1.807, 2.05) is 6.92 Å². The molecule has 0 saturated heterocycles. The summed E-state index contributed by atoms with van der Waals surface area (Å²) in [6, 6.07) is 1.69. The molecule has 0 spiro atoms. The van der Waals surface area contributed by atoms with Crippen LogP contribution in [0.2, 0.25) is 5.02 Å². The van der Waals surface area contributed by atoms with Crippen molar-refractivity contribution in [2.24, 2.45) is 0 Å². The lowest BCUT2D eigenvalue weighted by atomic mass is 10.3. The highest BCUT2D eigenvalue weighted by atomic mass is 35.5. The Bertz CT molecular complexity index is 372. The summed E-state index contributed by atoms with van der Waals surface area (Å²) in [4.78, 5) is 4.06. The Hall–Kier alpha value is -0.810. The van der Waals surface area contributed by atoms with Crippen LogP contribution in [-0.4, -0.2) is 27.2 Å². The first-order chi connectivity index (χ1) is 6.99.